The number of ether oxygens (including phenoxy) is 1. The van der Waals surface area contributed by atoms with Gasteiger partial charge in [-0.05, 0) is 42.0 Å². The summed E-state index contributed by atoms with van der Waals surface area (Å²) in [6.07, 6.45) is 4.88. The second kappa shape index (κ2) is 7.97. The number of carbonyl (C=O) groups is 1. The number of rotatable bonds is 5. The highest BCUT2D eigenvalue weighted by molar-refractivity contribution is 7.89. The lowest BCUT2D eigenvalue weighted by Gasteiger charge is -2.32. The Bertz CT molecular complexity index is 868. The van der Waals surface area contributed by atoms with E-state index in [1.165, 1.54) is 17.6 Å². The van der Waals surface area contributed by atoms with E-state index in [2.05, 4.69) is 4.98 Å². The Labute approximate surface area is 153 Å². The number of nitrogens with zero attached hydrogens (tertiary/aromatic N) is 2. The Morgan fingerprint density at radius 2 is 2.15 bits per heavy atom. The summed E-state index contributed by atoms with van der Waals surface area (Å²) in [5, 5.41) is 0. The minimum Gasteiger partial charge on any atom is -0.469 e. The molecular formula is C19H22N2O4S. The summed E-state index contributed by atoms with van der Waals surface area (Å²) in [6, 6.07) is 11.0. The summed E-state index contributed by atoms with van der Waals surface area (Å²) < 4.78 is 31.9. The number of pyridine rings is 1. The summed E-state index contributed by atoms with van der Waals surface area (Å²) >= 11 is 0. The molecule has 0 saturated carbocycles. The zero-order valence-electron chi connectivity index (χ0n) is 14.7. The molecule has 0 N–H and O–H groups in total. The van der Waals surface area contributed by atoms with Gasteiger partial charge in [-0.1, -0.05) is 24.3 Å². The van der Waals surface area contributed by atoms with E-state index in [0.717, 1.165) is 24.0 Å². The topological polar surface area (TPSA) is 76.6 Å². The number of benzene rings is 1. The molecule has 2 heterocycles. The van der Waals surface area contributed by atoms with Crippen molar-refractivity contribution in [2.45, 2.75) is 30.1 Å². The maximum Gasteiger partial charge on any atom is 0.309 e. The Hall–Kier alpha value is -2.25. The molecule has 1 aromatic carbocycles. The summed E-state index contributed by atoms with van der Waals surface area (Å²) in [5.74, 6) is -0.181. The average Bonchev–Trinajstić information content (AvgIpc) is 2.69. The zero-order chi connectivity index (χ0) is 18.6. The monoisotopic (exact) mass is 374 g/mol. The summed E-state index contributed by atoms with van der Waals surface area (Å²) in [4.78, 5) is 15.6. The summed E-state index contributed by atoms with van der Waals surface area (Å²) in [6.45, 7) is 0.939. The quantitative estimate of drug-likeness (QED) is 0.751. The van der Waals surface area contributed by atoms with Crippen LogP contribution in [0, 0.1) is 0 Å². The molecule has 3 rings (SSSR count). The number of carbonyl (C=O) groups excluding carboxylic acids is 1. The third-order valence-corrected chi connectivity index (χ3v) is 6.50. The van der Waals surface area contributed by atoms with Crippen LogP contribution in [0.5, 0.6) is 0 Å². The smallest absolute Gasteiger partial charge is 0.309 e. The van der Waals surface area contributed by atoms with Crippen LogP contribution in [-0.4, -0.2) is 43.9 Å². The molecule has 0 bridgehead atoms. The van der Waals surface area contributed by atoms with Gasteiger partial charge in [-0.25, -0.2) is 8.42 Å². The molecule has 138 valence electrons. The molecule has 1 saturated heterocycles. The van der Waals surface area contributed by atoms with Gasteiger partial charge in [-0.3, -0.25) is 9.78 Å². The first-order valence-corrected chi connectivity index (χ1v) is 10.0. The van der Waals surface area contributed by atoms with E-state index in [1.807, 2.05) is 24.3 Å². The molecule has 0 spiro atoms. The van der Waals surface area contributed by atoms with Gasteiger partial charge in [-0.15, -0.1) is 0 Å². The molecule has 0 radical (unpaired) electrons. The Morgan fingerprint density at radius 3 is 2.88 bits per heavy atom. The first-order chi connectivity index (χ1) is 12.5. The highest BCUT2D eigenvalue weighted by atomic mass is 32.2. The second-order valence-corrected chi connectivity index (χ2v) is 8.33. The van der Waals surface area contributed by atoms with Crippen molar-refractivity contribution in [1.82, 2.24) is 9.29 Å². The number of hydrogen-bond acceptors (Lipinski definition) is 5. The molecule has 0 amide bonds. The molecule has 1 aliphatic rings. The third-order valence-electron chi connectivity index (χ3n) is 4.65. The SMILES string of the molecule is COC(=O)Cc1cccc(C2CCCN(S(=O)(=O)c3cccnc3)C2)c1. The van der Waals surface area contributed by atoms with Crippen molar-refractivity contribution in [2.75, 3.05) is 20.2 Å². The number of piperidine rings is 1. The fourth-order valence-electron chi connectivity index (χ4n) is 3.28. The van der Waals surface area contributed by atoms with Crippen LogP contribution in [-0.2, 0) is 26.0 Å². The van der Waals surface area contributed by atoms with Crippen LogP contribution in [0.25, 0.3) is 0 Å². The van der Waals surface area contributed by atoms with Crippen molar-refractivity contribution >= 4 is 16.0 Å². The lowest BCUT2D eigenvalue weighted by molar-refractivity contribution is -0.139. The largest absolute Gasteiger partial charge is 0.469 e. The fraction of sp³-hybridized carbons (Fsp3) is 0.368. The molecular weight excluding hydrogens is 352 g/mol. The van der Waals surface area contributed by atoms with Crippen molar-refractivity contribution in [3.8, 4) is 0 Å². The molecule has 2 aromatic rings. The third kappa shape index (κ3) is 4.11. The number of aromatic nitrogens is 1. The van der Waals surface area contributed by atoms with Gasteiger partial charge in [0.25, 0.3) is 0 Å². The molecule has 1 atom stereocenters. The van der Waals surface area contributed by atoms with E-state index in [0.29, 0.717) is 13.1 Å². The molecule has 1 aliphatic heterocycles. The minimum absolute atomic E-state index is 0.104. The molecule has 1 aromatic heterocycles. The first-order valence-electron chi connectivity index (χ1n) is 8.56. The Morgan fingerprint density at radius 1 is 1.31 bits per heavy atom. The highest BCUT2D eigenvalue weighted by Gasteiger charge is 2.31. The predicted octanol–water partition coefficient (Wildman–Crippen LogP) is 2.37. The van der Waals surface area contributed by atoms with Crippen molar-refractivity contribution in [1.29, 1.82) is 0 Å². The van der Waals surface area contributed by atoms with Crippen LogP contribution >= 0.6 is 0 Å². The number of sulfonamides is 1. The van der Waals surface area contributed by atoms with Gasteiger partial charge in [0.05, 0.1) is 13.5 Å². The van der Waals surface area contributed by atoms with Crippen LogP contribution in [0.1, 0.15) is 29.9 Å². The van der Waals surface area contributed by atoms with Crippen LogP contribution in [0.4, 0.5) is 0 Å². The lowest BCUT2D eigenvalue weighted by atomic mass is 9.90. The molecule has 0 aliphatic carbocycles. The molecule has 26 heavy (non-hydrogen) atoms. The molecule has 1 unspecified atom stereocenters. The van der Waals surface area contributed by atoms with Gasteiger partial charge < -0.3 is 4.74 Å². The van der Waals surface area contributed by atoms with Gasteiger partial charge in [0.1, 0.15) is 4.90 Å². The van der Waals surface area contributed by atoms with E-state index in [-0.39, 0.29) is 23.2 Å². The second-order valence-electron chi connectivity index (χ2n) is 6.39. The van der Waals surface area contributed by atoms with Gasteiger partial charge >= 0.3 is 5.97 Å². The Balaban J connectivity index is 1.79. The van der Waals surface area contributed by atoms with Gasteiger partial charge in [0.15, 0.2) is 0 Å². The standard InChI is InChI=1S/C19H22N2O4S/c1-25-19(22)12-15-5-2-6-16(11-15)17-7-4-10-21(14-17)26(23,24)18-8-3-9-20-13-18/h2-3,5-6,8-9,11,13,17H,4,7,10,12,14H2,1H3. The number of methoxy groups -OCH3 is 1. The van der Waals surface area contributed by atoms with Gasteiger partial charge in [-0.2, -0.15) is 4.31 Å². The van der Waals surface area contributed by atoms with E-state index in [4.69, 9.17) is 4.74 Å². The molecule has 7 heteroatoms. The predicted molar refractivity (Wildman–Crippen MR) is 97.1 cm³/mol. The maximum atomic E-state index is 12.8. The average molecular weight is 374 g/mol. The van der Waals surface area contributed by atoms with Gasteiger partial charge in [0, 0.05) is 25.5 Å². The Kier molecular flexibility index (Phi) is 5.68. The zero-order valence-corrected chi connectivity index (χ0v) is 15.5. The number of hydrogen-bond donors (Lipinski definition) is 0. The van der Waals surface area contributed by atoms with Crippen molar-refractivity contribution in [3.05, 3.63) is 59.9 Å². The van der Waals surface area contributed by atoms with E-state index < -0.39 is 10.0 Å². The van der Waals surface area contributed by atoms with E-state index >= 15 is 0 Å². The van der Waals surface area contributed by atoms with Crippen LogP contribution in [0.2, 0.25) is 0 Å². The maximum absolute atomic E-state index is 12.8. The van der Waals surface area contributed by atoms with Crippen molar-refractivity contribution in [3.63, 3.8) is 0 Å². The van der Waals surface area contributed by atoms with Crippen LogP contribution < -0.4 is 0 Å². The van der Waals surface area contributed by atoms with Crippen molar-refractivity contribution in [2.24, 2.45) is 0 Å². The normalized spacial score (nSPS) is 18.4. The van der Waals surface area contributed by atoms with E-state index in [9.17, 15) is 13.2 Å². The van der Waals surface area contributed by atoms with Crippen molar-refractivity contribution < 1.29 is 17.9 Å². The number of esters is 1. The molecule has 6 nitrogen and oxygen atoms in total. The molecule has 1 fully saturated rings. The highest BCUT2D eigenvalue weighted by Crippen LogP contribution is 2.30. The summed E-state index contributed by atoms with van der Waals surface area (Å²) in [7, 11) is -2.17. The summed E-state index contributed by atoms with van der Waals surface area (Å²) in [5.41, 5.74) is 1.93. The first kappa shape index (κ1) is 18.5. The van der Waals surface area contributed by atoms with Gasteiger partial charge in [0.2, 0.25) is 10.0 Å². The lowest BCUT2D eigenvalue weighted by Crippen LogP contribution is -2.39. The van der Waals surface area contributed by atoms with E-state index in [1.54, 1.807) is 18.3 Å². The minimum atomic E-state index is -3.54. The van der Waals surface area contributed by atoms with Crippen LogP contribution in [0.15, 0.2) is 53.7 Å². The van der Waals surface area contributed by atoms with Crippen LogP contribution in [0.3, 0.4) is 0 Å². The fourth-order valence-corrected chi connectivity index (χ4v) is 4.77.